The number of aromatic hydroxyl groups is 1. The molecule has 156 valence electrons. The molecule has 1 amide bonds. The Bertz CT molecular complexity index is 806. The number of phenols is 1. The molecule has 1 aromatic carbocycles. The molecular weight excluding hydrogens is 368 g/mol. The maximum absolute atomic E-state index is 12.0. The van der Waals surface area contributed by atoms with E-state index in [1.54, 1.807) is 18.3 Å². The van der Waals surface area contributed by atoms with E-state index in [1.165, 1.54) is 6.92 Å². The molecule has 0 saturated carbocycles. The van der Waals surface area contributed by atoms with Crippen molar-refractivity contribution in [3.05, 3.63) is 53.3 Å². The molecular formula is C23H30N2O4. The Labute approximate surface area is 172 Å². The highest BCUT2D eigenvalue weighted by atomic mass is 16.5. The number of phenolic OH excluding ortho intramolecular Hbond substituents is 1. The summed E-state index contributed by atoms with van der Waals surface area (Å²) in [5, 5.41) is 13.3. The van der Waals surface area contributed by atoms with Crippen molar-refractivity contribution in [1.29, 1.82) is 0 Å². The number of hydrogen-bond acceptors (Lipinski definition) is 5. The van der Waals surface area contributed by atoms with Gasteiger partial charge >= 0.3 is 0 Å². The lowest BCUT2D eigenvalue weighted by molar-refractivity contribution is -0.121. The van der Waals surface area contributed by atoms with Gasteiger partial charge in [-0.05, 0) is 56.4 Å². The van der Waals surface area contributed by atoms with Crippen LogP contribution in [-0.4, -0.2) is 34.9 Å². The number of aromatic nitrogens is 1. The van der Waals surface area contributed by atoms with Crippen LogP contribution in [0.15, 0.2) is 36.7 Å². The second-order valence-electron chi connectivity index (χ2n) is 7.01. The maximum atomic E-state index is 12.0. The second-order valence-corrected chi connectivity index (χ2v) is 7.01. The molecule has 0 radical (unpaired) electrons. The minimum Gasteiger partial charge on any atom is -0.507 e. The lowest BCUT2D eigenvalue weighted by atomic mass is 10.0. The Kier molecular flexibility index (Phi) is 9.15. The van der Waals surface area contributed by atoms with E-state index in [2.05, 4.69) is 10.3 Å². The van der Waals surface area contributed by atoms with Gasteiger partial charge in [-0.15, -0.1) is 0 Å². The van der Waals surface area contributed by atoms with E-state index in [-0.39, 0.29) is 17.4 Å². The monoisotopic (exact) mass is 398 g/mol. The maximum Gasteiger partial charge on any atom is 0.220 e. The first kappa shape index (κ1) is 22.4. The highest BCUT2D eigenvalue weighted by Gasteiger charge is 2.15. The molecule has 1 heterocycles. The van der Waals surface area contributed by atoms with Crippen molar-refractivity contribution in [1.82, 2.24) is 10.3 Å². The Morgan fingerprint density at radius 1 is 1.17 bits per heavy atom. The highest BCUT2D eigenvalue weighted by molar-refractivity contribution is 5.97. The zero-order chi connectivity index (χ0) is 21.1. The van der Waals surface area contributed by atoms with E-state index in [0.29, 0.717) is 49.3 Å². The summed E-state index contributed by atoms with van der Waals surface area (Å²) in [6.07, 6.45) is 7.76. The molecule has 0 atom stereocenters. The summed E-state index contributed by atoms with van der Waals surface area (Å²) in [6, 6.07) is 7.24. The van der Waals surface area contributed by atoms with Crippen molar-refractivity contribution >= 4 is 11.7 Å². The van der Waals surface area contributed by atoms with Gasteiger partial charge in [-0.1, -0.05) is 19.4 Å². The van der Waals surface area contributed by atoms with Crippen molar-refractivity contribution in [3.63, 3.8) is 0 Å². The topological polar surface area (TPSA) is 88.5 Å². The van der Waals surface area contributed by atoms with Crippen molar-refractivity contribution in [2.24, 2.45) is 0 Å². The summed E-state index contributed by atoms with van der Waals surface area (Å²) in [7, 11) is 0. The number of carbonyl (C=O) groups is 2. The van der Waals surface area contributed by atoms with E-state index in [4.69, 9.17) is 4.74 Å². The normalized spacial score (nSPS) is 10.6. The molecule has 0 unspecified atom stereocenters. The minimum absolute atomic E-state index is 0.00297. The number of amides is 1. The molecule has 0 saturated heterocycles. The van der Waals surface area contributed by atoms with E-state index in [9.17, 15) is 14.7 Å². The third-order valence-corrected chi connectivity index (χ3v) is 4.61. The number of benzene rings is 1. The molecule has 0 bridgehead atoms. The van der Waals surface area contributed by atoms with Gasteiger partial charge in [0.05, 0.1) is 12.2 Å². The smallest absolute Gasteiger partial charge is 0.220 e. The number of pyridine rings is 1. The van der Waals surface area contributed by atoms with Crippen LogP contribution in [-0.2, 0) is 17.6 Å². The summed E-state index contributed by atoms with van der Waals surface area (Å²) >= 11 is 0. The first-order valence-corrected chi connectivity index (χ1v) is 10.2. The Hall–Kier alpha value is -2.89. The zero-order valence-electron chi connectivity index (χ0n) is 17.2. The molecule has 2 N–H and O–H groups in total. The van der Waals surface area contributed by atoms with Gasteiger partial charge in [0, 0.05) is 30.9 Å². The van der Waals surface area contributed by atoms with E-state index >= 15 is 0 Å². The third-order valence-electron chi connectivity index (χ3n) is 4.61. The van der Waals surface area contributed by atoms with Gasteiger partial charge in [-0.25, -0.2) is 0 Å². The average molecular weight is 399 g/mol. The molecule has 0 aliphatic rings. The molecule has 2 aromatic rings. The van der Waals surface area contributed by atoms with Gasteiger partial charge < -0.3 is 15.2 Å². The summed E-state index contributed by atoms with van der Waals surface area (Å²) < 4.78 is 5.78. The number of nitrogens with zero attached hydrogens (tertiary/aromatic N) is 1. The molecule has 1 aromatic heterocycles. The number of aryl methyl sites for hydroxylation is 1. The van der Waals surface area contributed by atoms with Crippen LogP contribution >= 0.6 is 0 Å². The third kappa shape index (κ3) is 7.22. The highest BCUT2D eigenvalue weighted by Crippen LogP contribution is 2.33. The van der Waals surface area contributed by atoms with Crippen molar-refractivity contribution in [2.75, 3.05) is 13.2 Å². The Balaban J connectivity index is 1.72. The Morgan fingerprint density at radius 3 is 2.69 bits per heavy atom. The summed E-state index contributed by atoms with van der Waals surface area (Å²) in [4.78, 5) is 27.6. The molecule has 0 aliphatic carbocycles. The van der Waals surface area contributed by atoms with Gasteiger partial charge in [0.15, 0.2) is 5.78 Å². The second kappa shape index (κ2) is 11.8. The first-order chi connectivity index (χ1) is 14.0. The number of rotatable bonds is 12. The number of Topliss-reactive ketones (excluding diaryl/α,β-unsaturated/α-hetero) is 1. The van der Waals surface area contributed by atoms with E-state index < -0.39 is 0 Å². The molecule has 2 rings (SSSR count). The predicted octanol–water partition coefficient (Wildman–Crippen LogP) is 3.85. The largest absolute Gasteiger partial charge is 0.507 e. The molecule has 0 fully saturated rings. The van der Waals surface area contributed by atoms with Gasteiger partial charge in [0.1, 0.15) is 11.5 Å². The van der Waals surface area contributed by atoms with E-state index in [1.807, 2.05) is 25.3 Å². The van der Waals surface area contributed by atoms with Gasteiger partial charge in [-0.2, -0.15) is 0 Å². The summed E-state index contributed by atoms with van der Waals surface area (Å²) in [6.45, 7) is 4.44. The van der Waals surface area contributed by atoms with Crippen LogP contribution in [0.4, 0.5) is 0 Å². The number of nitrogens with one attached hydrogen (secondary N) is 1. The fourth-order valence-corrected chi connectivity index (χ4v) is 3.10. The molecule has 29 heavy (non-hydrogen) atoms. The predicted molar refractivity (Wildman–Crippen MR) is 112 cm³/mol. The Morgan fingerprint density at radius 2 is 2.00 bits per heavy atom. The lowest BCUT2D eigenvalue weighted by Gasteiger charge is -2.14. The van der Waals surface area contributed by atoms with Crippen LogP contribution in [0.1, 0.15) is 61.0 Å². The van der Waals surface area contributed by atoms with Crippen LogP contribution in [0.25, 0.3) is 0 Å². The standard InChI is InChI=1S/C23H30N2O4/c1-3-7-20-21(12-11-19(17(2)26)23(20)28)29-15-6-10-22(27)25-14-5-9-18-8-4-13-24-16-18/h4,8,11-13,16,28H,3,5-7,9-10,14-15H2,1-2H3,(H,25,27). The first-order valence-electron chi connectivity index (χ1n) is 10.2. The van der Waals surface area contributed by atoms with E-state index in [0.717, 1.165) is 24.8 Å². The number of ether oxygens (including phenoxy) is 1. The fraction of sp³-hybridized carbons (Fsp3) is 0.435. The average Bonchev–Trinajstić information content (AvgIpc) is 2.71. The number of ketones is 1. The van der Waals surface area contributed by atoms with Crippen molar-refractivity contribution in [2.45, 2.75) is 52.4 Å². The number of carbonyl (C=O) groups excluding carboxylic acids is 2. The summed E-state index contributed by atoms with van der Waals surface area (Å²) in [5.41, 5.74) is 2.13. The van der Waals surface area contributed by atoms with Crippen molar-refractivity contribution < 1.29 is 19.4 Å². The molecule has 6 heteroatoms. The lowest BCUT2D eigenvalue weighted by Crippen LogP contribution is -2.25. The van der Waals surface area contributed by atoms with Gasteiger partial charge in [0.25, 0.3) is 0 Å². The fourth-order valence-electron chi connectivity index (χ4n) is 3.10. The summed E-state index contributed by atoms with van der Waals surface area (Å²) in [5.74, 6) is 0.407. The van der Waals surface area contributed by atoms with Gasteiger partial charge in [-0.3, -0.25) is 14.6 Å². The quantitative estimate of drug-likeness (QED) is 0.419. The van der Waals surface area contributed by atoms with Crippen LogP contribution in [0.2, 0.25) is 0 Å². The molecule has 0 spiro atoms. The van der Waals surface area contributed by atoms with Crippen LogP contribution in [0.5, 0.6) is 11.5 Å². The molecule has 0 aliphatic heterocycles. The minimum atomic E-state index is -0.174. The SMILES string of the molecule is CCCc1c(OCCCC(=O)NCCCc2cccnc2)ccc(C(C)=O)c1O. The zero-order valence-corrected chi connectivity index (χ0v) is 17.2. The number of hydrogen-bond donors (Lipinski definition) is 2. The van der Waals surface area contributed by atoms with Crippen LogP contribution < -0.4 is 10.1 Å². The van der Waals surface area contributed by atoms with Crippen LogP contribution in [0, 0.1) is 0 Å². The van der Waals surface area contributed by atoms with Gasteiger partial charge in [0.2, 0.25) is 5.91 Å². The molecule has 6 nitrogen and oxygen atoms in total. The van der Waals surface area contributed by atoms with Crippen molar-refractivity contribution in [3.8, 4) is 11.5 Å². The van der Waals surface area contributed by atoms with Crippen LogP contribution in [0.3, 0.4) is 0 Å².